The van der Waals surface area contributed by atoms with Crippen molar-refractivity contribution in [3.05, 3.63) is 29.8 Å². The number of sulfonamides is 1. The standard InChI is InChI=1S/C14H20N2O2S/c1-10-3-2-4-12(7-10)19(17,18)16-8-11-5-6-14(15)13(11)9-16/h2-4,7,11,13-14H,5-6,8-9,15H2,1H3. The van der Waals surface area contributed by atoms with Gasteiger partial charge in [-0.05, 0) is 49.3 Å². The van der Waals surface area contributed by atoms with Crippen molar-refractivity contribution in [2.75, 3.05) is 13.1 Å². The summed E-state index contributed by atoms with van der Waals surface area (Å²) in [6, 6.07) is 7.29. The molecule has 0 spiro atoms. The summed E-state index contributed by atoms with van der Waals surface area (Å²) in [5, 5.41) is 0. The number of hydrogen-bond acceptors (Lipinski definition) is 3. The Kier molecular flexibility index (Phi) is 3.15. The molecule has 1 aromatic rings. The molecule has 1 saturated carbocycles. The van der Waals surface area contributed by atoms with Crippen molar-refractivity contribution in [1.29, 1.82) is 0 Å². The van der Waals surface area contributed by atoms with Crippen LogP contribution in [0.15, 0.2) is 29.2 Å². The van der Waals surface area contributed by atoms with Gasteiger partial charge in [0, 0.05) is 19.1 Å². The van der Waals surface area contributed by atoms with Gasteiger partial charge in [0.2, 0.25) is 10.0 Å². The summed E-state index contributed by atoms with van der Waals surface area (Å²) in [6.07, 6.45) is 2.10. The van der Waals surface area contributed by atoms with Crippen LogP contribution in [0.1, 0.15) is 18.4 Å². The first-order valence-electron chi connectivity index (χ1n) is 6.81. The van der Waals surface area contributed by atoms with Crippen LogP contribution in [-0.4, -0.2) is 31.9 Å². The molecule has 1 aliphatic heterocycles. The van der Waals surface area contributed by atoms with E-state index in [4.69, 9.17) is 5.73 Å². The van der Waals surface area contributed by atoms with E-state index in [1.165, 1.54) is 0 Å². The maximum atomic E-state index is 12.6. The molecule has 3 atom stereocenters. The van der Waals surface area contributed by atoms with Gasteiger partial charge in [-0.1, -0.05) is 12.1 Å². The van der Waals surface area contributed by atoms with Crippen LogP contribution in [0.2, 0.25) is 0 Å². The fourth-order valence-corrected chi connectivity index (χ4v) is 5.03. The molecule has 2 aliphatic rings. The van der Waals surface area contributed by atoms with Crippen LogP contribution < -0.4 is 5.73 Å². The van der Waals surface area contributed by atoms with Crippen LogP contribution in [0.25, 0.3) is 0 Å². The Morgan fingerprint density at radius 3 is 2.74 bits per heavy atom. The molecule has 2 N–H and O–H groups in total. The number of nitrogens with zero attached hydrogens (tertiary/aromatic N) is 1. The van der Waals surface area contributed by atoms with Gasteiger partial charge >= 0.3 is 0 Å². The highest BCUT2D eigenvalue weighted by Gasteiger charge is 2.44. The molecule has 104 valence electrons. The molecule has 2 fully saturated rings. The molecular weight excluding hydrogens is 260 g/mol. The van der Waals surface area contributed by atoms with Crippen molar-refractivity contribution in [3.8, 4) is 0 Å². The van der Waals surface area contributed by atoms with Crippen molar-refractivity contribution in [1.82, 2.24) is 4.31 Å². The van der Waals surface area contributed by atoms with E-state index in [0.717, 1.165) is 18.4 Å². The lowest BCUT2D eigenvalue weighted by Crippen LogP contribution is -2.33. The molecule has 0 radical (unpaired) electrons. The smallest absolute Gasteiger partial charge is 0.243 e. The molecule has 3 unspecified atom stereocenters. The van der Waals surface area contributed by atoms with Crippen LogP contribution in [0.3, 0.4) is 0 Å². The molecule has 5 heteroatoms. The summed E-state index contributed by atoms with van der Waals surface area (Å²) in [5.74, 6) is 0.800. The Hall–Kier alpha value is -0.910. The second-order valence-corrected chi connectivity index (χ2v) is 7.74. The Morgan fingerprint density at radius 2 is 2.05 bits per heavy atom. The lowest BCUT2D eigenvalue weighted by Gasteiger charge is -2.18. The van der Waals surface area contributed by atoms with Gasteiger partial charge in [-0.15, -0.1) is 0 Å². The van der Waals surface area contributed by atoms with Gasteiger partial charge in [0.15, 0.2) is 0 Å². The Bertz CT molecular complexity index is 585. The summed E-state index contributed by atoms with van der Waals surface area (Å²) in [4.78, 5) is 0.404. The molecule has 1 heterocycles. The van der Waals surface area contributed by atoms with E-state index in [9.17, 15) is 8.42 Å². The van der Waals surface area contributed by atoms with E-state index in [0.29, 0.717) is 29.8 Å². The third kappa shape index (κ3) is 2.20. The number of fused-ring (bicyclic) bond motifs is 1. The van der Waals surface area contributed by atoms with Crippen LogP contribution in [0.5, 0.6) is 0 Å². The van der Waals surface area contributed by atoms with Crippen LogP contribution in [-0.2, 0) is 10.0 Å². The van der Waals surface area contributed by atoms with Gasteiger partial charge in [-0.3, -0.25) is 0 Å². The van der Waals surface area contributed by atoms with Crippen molar-refractivity contribution in [3.63, 3.8) is 0 Å². The van der Waals surface area contributed by atoms with Crippen molar-refractivity contribution in [2.24, 2.45) is 17.6 Å². The zero-order chi connectivity index (χ0) is 13.6. The molecule has 1 aromatic carbocycles. The van der Waals surface area contributed by atoms with Gasteiger partial charge in [-0.25, -0.2) is 8.42 Å². The first-order chi connectivity index (χ1) is 8.98. The Balaban J connectivity index is 1.87. The van der Waals surface area contributed by atoms with Crippen LogP contribution in [0, 0.1) is 18.8 Å². The zero-order valence-corrected chi connectivity index (χ0v) is 11.9. The summed E-state index contributed by atoms with van der Waals surface area (Å²) < 4.78 is 26.8. The van der Waals surface area contributed by atoms with Gasteiger partial charge < -0.3 is 5.73 Å². The first-order valence-corrected chi connectivity index (χ1v) is 8.25. The molecule has 4 nitrogen and oxygen atoms in total. The highest BCUT2D eigenvalue weighted by atomic mass is 32.2. The van der Waals surface area contributed by atoms with Crippen LogP contribution in [0.4, 0.5) is 0 Å². The van der Waals surface area contributed by atoms with E-state index < -0.39 is 10.0 Å². The third-order valence-electron chi connectivity index (χ3n) is 4.51. The second kappa shape index (κ2) is 4.58. The topological polar surface area (TPSA) is 63.4 Å². The summed E-state index contributed by atoms with van der Waals surface area (Å²) in [5.41, 5.74) is 7.04. The molecule has 3 rings (SSSR count). The number of aryl methyl sites for hydroxylation is 1. The van der Waals surface area contributed by atoms with E-state index >= 15 is 0 Å². The maximum Gasteiger partial charge on any atom is 0.243 e. The van der Waals surface area contributed by atoms with Gasteiger partial charge in [-0.2, -0.15) is 4.31 Å². The van der Waals surface area contributed by atoms with E-state index in [1.54, 1.807) is 22.5 Å². The summed E-state index contributed by atoms with van der Waals surface area (Å²) in [6.45, 7) is 3.13. The number of nitrogens with two attached hydrogens (primary N) is 1. The quantitative estimate of drug-likeness (QED) is 0.889. The molecule has 1 saturated heterocycles. The van der Waals surface area contributed by atoms with Crippen molar-refractivity contribution < 1.29 is 8.42 Å². The fraction of sp³-hybridized carbons (Fsp3) is 0.571. The number of benzene rings is 1. The van der Waals surface area contributed by atoms with E-state index in [1.807, 2.05) is 13.0 Å². The minimum absolute atomic E-state index is 0.169. The normalized spacial score (nSPS) is 31.6. The minimum atomic E-state index is -3.35. The predicted octanol–water partition coefficient (Wildman–Crippen LogP) is 1.35. The monoisotopic (exact) mass is 280 g/mol. The van der Waals surface area contributed by atoms with Crippen molar-refractivity contribution >= 4 is 10.0 Å². The third-order valence-corrected chi connectivity index (χ3v) is 6.33. The zero-order valence-electron chi connectivity index (χ0n) is 11.1. The largest absolute Gasteiger partial charge is 0.327 e. The molecule has 0 bridgehead atoms. The molecular formula is C14H20N2O2S. The van der Waals surface area contributed by atoms with Gasteiger partial charge in [0.25, 0.3) is 0 Å². The molecule has 19 heavy (non-hydrogen) atoms. The van der Waals surface area contributed by atoms with Crippen molar-refractivity contribution in [2.45, 2.75) is 30.7 Å². The molecule has 0 aromatic heterocycles. The predicted molar refractivity (Wildman–Crippen MR) is 74.1 cm³/mol. The average Bonchev–Trinajstić information content (AvgIpc) is 2.92. The molecule has 1 aliphatic carbocycles. The number of rotatable bonds is 2. The highest BCUT2D eigenvalue weighted by Crippen LogP contribution is 2.39. The first kappa shape index (κ1) is 13.1. The lowest BCUT2D eigenvalue weighted by molar-refractivity contribution is 0.427. The van der Waals surface area contributed by atoms with E-state index in [2.05, 4.69) is 0 Å². The Labute approximate surface area is 114 Å². The number of hydrogen-bond donors (Lipinski definition) is 1. The fourth-order valence-electron chi connectivity index (χ4n) is 3.39. The Morgan fingerprint density at radius 1 is 1.26 bits per heavy atom. The van der Waals surface area contributed by atoms with Gasteiger partial charge in [0.1, 0.15) is 0 Å². The summed E-state index contributed by atoms with van der Waals surface area (Å²) in [7, 11) is -3.35. The van der Waals surface area contributed by atoms with Gasteiger partial charge in [0.05, 0.1) is 4.90 Å². The highest BCUT2D eigenvalue weighted by molar-refractivity contribution is 7.89. The second-order valence-electron chi connectivity index (χ2n) is 5.80. The minimum Gasteiger partial charge on any atom is -0.327 e. The van der Waals surface area contributed by atoms with Crippen LogP contribution >= 0.6 is 0 Å². The lowest BCUT2D eigenvalue weighted by atomic mass is 9.98. The van der Waals surface area contributed by atoms with E-state index in [-0.39, 0.29) is 6.04 Å². The summed E-state index contributed by atoms with van der Waals surface area (Å²) >= 11 is 0. The average molecular weight is 280 g/mol. The molecule has 0 amide bonds. The SMILES string of the molecule is Cc1cccc(S(=O)(=O)N2CC3CCC(N)C3C2)c1. The maximum absolute atomic E-state index is 12.6.